The molecule has 1 atom stereocenters. The molecule has 0 saturated carbocycles. The number of guanidine groups is 1. The Bertz CT molecular complexity index is 427. The second kappa shape index (κ2) is 7.29. The average molecular weight is 274 g/mol. The fraction of sp³-hybridized carbons (Fsp3) is 0.562. The van der Waals surface area contributed by atoms with E-state index < -0.39 is 0 Å². The Kier molecular flexibility index (Phi) is 5.41. The van der Waals surface area contributed by atoms with E-state index in [4.69, 9.17) is 5.73 Å². The molecule has 20 heavy (non-hydrogen) atoms. The van der Waals surface area contributed by atoms with Gasteiger partial charge in [-0.3, -0.25) is 4.99 Å². The average Bonchev–Trinajstić information content (AvgIpc) is 2.46. The van der Waals surface area contributed by atoms with Gasteiger partial charge in [0.2, 0.25) is 0 Å². The van der Waals surface area contributed by atoms with E-state index in [0.717, 1.165) is 18.8 Å². The predicted octanol–water partition coefficient (Wildman–Crippen LogP) is 2.53. The summed E-state index contributed by atoms with van der Waals surface area (Å²) in [5.41, 5.74) is 6.93. The third kappa shape index (κ3) is 4.53. The van der Waals surface area contributed by atoms with Crippen LogP contribution in [0.2, 0.25) is 0 Å². The molecule has 1 aromatic rings. The van der Waals surface area contributed by atoms with Crippen LogP contribution in [0.15, 0.2) is 35.3 Å². The first-order valence-corrected chi connectivity index (χ1v) is 7.51. The summed E-state index contributed by atoms with van der Waals surface area (Å²) in [7, 11) is 0. The van der Waals surface area contributed by atoms with Crippen LogP contribution in [0.1, 0.15) is 26.7 Å². The summed E-state index contributed by atoms with van der Waals surface area (Å²) in [5.74, 6) is 1.14. The van der Waals surface area contributed by atoms with Gasteiger partial charge in [-0.05, 0) is 51.3 Å². The number of piperidine rings is 1. The predicted molar refractivity (Wildman–Crippen MR) is 86.0 cm³/mol. The van der Waals surface area contributed by atoms with Crippen LogP contribution in [0, 0.1) is 5.92 Å². The largest absolute Gasteiger partial charge is 0.370 e. The number of nitrogens with one attached hydrogen (secondary N) is 1. The molecule has 110 valence electrons. The Morgan fingerprint density at radius 1 is 1.40 bits per heavy atom. The Morgan fingerprint density at radius 3 is 2.85 bits per heavy atom. The molecule has 4 heteroatoms. The zero-order valence-corrected chi connectivity index (χ0v) is 12.5. The maximum absolute atomic E-state index is 5.94. The van der Waals surface area contributed by atoms with Gasteiger partial charge < -0.3 is 16.0 Å². The number of nitrogens with zero attached hydrogens (tertiary/aromatic N) is 2. The fourth-order valence-corrected chi connectivity index (χ4v) is 2.65. The minimum absolute atomic E-state index is 0.512. The van der Waals surface area contributed by atoms with Crippen LogP contribution in [-0.2, 0) is 0 Å². The number of nitrogens with two attached hydrogens (primary N) is 1. The summed E-state index contributed by atoms with van der Waals surface area (Å²) in [5, 5.41) is 3.13. The monoisotopic (exact) mass is 274 g/mol. The molecule has 1 heterocycles. The SMILES string of the molecule is CC(C)N1CCCC(CN=C(N)Nc2ccccc2)C1. The van der Waals surface area contributed by atoms with E-state index in [0.29, 0.717) is 17.9 Å². The van der Waals surface area contributed by atoms with E-state index in [9.17, 15) is 0 Å². The summed E-state index contributed by atoms with van der Waals surface area (Å²) in [6.45, 7) is 7.69. The fourth-order valence-electron chi connectivity index (χ4n) is 2.65. The molecule has 4 nitrogen and oxygen atoms in total. The molecule has 1 aromatic carbocycles. The van der Waals surface area contributed by atoms with Crippen molar-refractivity contribution in [1.29, 1.82) is 0 Å². The first-order chi connectivity index (χ1) is 9.65. The summed E-state index contributed by atoms with van der Waals surface area (Å²) in [6, 6.07) is 10.6. The van der Waals surface area contributed by atoms with Gasteiger partial charge >= 0.3 is 0 Å². The molecule has 1 fully saturated rings. The smallest absolute Gasteiger partial charge is 0.193 e. The van der Waals surface area contributed by atoms with Crippen molar-refractivity contribution in [2.75, 3.05) is 25.0 Å². The molecular formula is C16H26N4. The van der Waals surface area contributed by atoms with Gasteiger partial charge in [0, 0.05) is 24.8 Å². The maximum atomic E-state index is 5.94. The van der Waals surface area contributed by atoms with Crippen LogP contribution in [0.25, 0.3) is 0 Å². The van der Waals surface area contributed by atoms with Gasteiger partial charge in [-0.2, -0.15) is 0 Å². The lowest BCUT2D eigenvalue weighted by Crippen LogP contribution is -2.41. The van der Waals surface area contributed by atoms with Gasteiger partial charge in [0.05, 0.1) is 0 Å². The van der Waals surface area contributed by atoms with Crippen molar-refractivity contribution in [2.24, 2.45) is 16.6 Å². The van der Waals surface area contributed by atoms with Gasteiger partial charge in [-0.15, -0.1) is 0 Å². The highest BCUT2D eigenvalue weighted by Crippen LogP contribution is 2.18. The number of hydrogen-bond acceptors (Lipinski definition) is 2. The van der Waals surface area contributed by atoms with Crippen LogP contribution in [0.3, 0.4) is 0 Å². The molecule has 1 unspecified atom stereocenters. The lowest BCUT2D eigenvalue weighted by atomic mass is 9.97. The molecule has 0 radical (unpaired) electrons. The topological polar surface area (TPSA) is 53.6 Å². The highest BCUT2D eigenvalue weighted by Gasteiger charge is 2.21. The van der Waals surface area contributed by atoms with Crippen LogP contribution in [-0.4, -0.2) is 36.5 Å². The quantitative estimate of drug-likeness (QED) is 0.655. The number of hydrogen-bond donors (Lipinski definition) is 2. The minimum Gasteiger partial charge on any atom is -0.370 e. The highest BCUT2D eigenvalue weighted by atomic mass is 15.2. The van der Waals surface area contributed by atoms with Crippen molar-refractivity contribution < 1.29 is 0 Å². The standard InChI is InChI=1S/C16H26N4/c1-13(2)20-10-6-7-14(12-20)11-18-16(17)19-15-8-4-3-5-9-15/h3-5,8-9,13-14H,6-7,10-12H2,1-2H3,(H3,17,18,19). The Labute approximate surface area is 122 Å². The zero-order valence-electron chi connectivity index (χ0n) is 12.5. The lowest BCUT2D eigenvalue weighted by molar-refractivity contribution is 0.143. The molecule has 0 spiro atoms. The third-order valence-electron chi connectivity index (χ3n) is 3.85. The summed E-state index contributed by atoms with van der Waals surface area (Å²) < 4.78 is 0. The number of rotatable bonds is 4. The van der Waals surface area contributed by atoms with Crippen molar-refractivity contribution in [3.05, 3.63) is 30.3 Å². The molecule has 3 N–H and O–H groups in total. The van der Waals surface area contributed by atoms with Crippen LogP contribution >= 0.6 is 0 Å². The van der Waals surface area contributed by atoms with Crippen molar-refractivity contribution in [1.82, 2.24) is 4.90 Å². The van der Waals surface area contributed by atoms with Gasteiger partial charge in [-0.25, -0.2) is 0 Å². The van der Waals surface area contributed by atoms with Gasteiger partial charge in [0.25, 0.3) is 0 Å². The number of likely N-dealkylation sites (tertiary alicyclic amines) is 1. The molecule has 1 saturated heterocycles. The number of para-hydroxylation sites is 1. The molecule has 0 bridgehead atoms. The summed E-state index contributed by atoms with van der Waals surface area (Å²) in [6.07, 6.45) is 2.52. The summed E-state index contributed by atoms with van der Waals surface area (Å²) >= 11 is 0. The molecule has 1 aliphatic rings. The van der Waals surface area contributed by atoms with Crippen molar-refractivity contribution in [2.45, 2.75) is 32.7 Å². The van der Waals surface area contributed by atoms with E-state index >= 15 is 0 Å². The second-order valence-corrected chi connectivity index (χ2v) is 5.81. The van der Waals surface area contributed by atoms with Crippen molar-refractivity contribution in [3.63, 3.8) is 0 Å². The van der Waals surface area contributed by atoms with Gasteiger partial charge in [-0.1, -0.05) is 18.2 Å². The van der Waals surface area contributed by atoms with Crippen LogP contribution < -0.4 is 11.1 Å². The highest BCUT2D eigenvalue weighted by molar-refractivity contribution is 5.92. The molecule has 0 amide bonds. The van der Waals surface area contributed by atoms with Crippen molar-refractivity contribution in [3.8, 4) is 0 Å². The van der Waals surface area contributed by atoms with Gasteiger partial charge in [0.15, 0.2) is 5.96 Å². The molecule has 0 aliphatic carbocycles. The molecule has 2 rings (SSSR count). The first kappa shape index (κ1) is 14.9. The summed E-state index contributed by atoms with van der Waals surface area (Å²) in [4.78, 5) is 7.03. The zero-order chi connectivity index (χ0) is 14.4. The second-order valence-electron chi connectivity index (χ2n) is 5.81. The molecular weight excluding hydrogens is 248 g/mol. The van der Waals surface area contributed by atoms with Gasteiger partial charge in [0.1, 0.15) is 0 Å². The first-order valence-electron chi connectivity index (χ1n) is 7.51. The number of benzene rings is 1. The Balaban J connectivity index is 1.82. The van der Waals surface area contributed by atoms with E-state index in [1.165, 1.54) is 19.4 Å². The van der Waals surface area contributed by atoms with E-state index in [2.05, 4.69) is 29.1 Å². The number of anilines is 1. The van der Waals surface area contributed by atoms with Crippen LogP contribution in [0.5, 0.6) is 0 Å². The van der Waals surface area contributed by atoms with Crippen LogP contribution in [0.4, 0.5) is 5.69 Å². The number of aliphatic imine (C=N–C) groups is 1. The molecule has 0 aromatic heterocycles. The minimum atomic E-state index is 0.512. The molecule has 1 aliphatic heterocycles. The normalized spacial score (nSPS) is 21.1. The van der Waals surface area contributed by atoms with E-state index in [1.54, 1.807) is 0 Å². The third-order valence-corrected chi connectivity index (χ3v) is 3.85. The van der Waals surface area contributed by atoms with E-state index in [-0.39, 0.29) is 0 Å². The maximum Gasteiger partial charge on any atom is 0.193 e. The lowest BCUT2D eigenvalue weighted by Gasteiger charge is -2.34. The Hall–Kier alpha value is -1.55. The van der Waals surface area contributed by atoms with E-state index in [1.807, 2.05) is 30.3 Å². The Morgan fingerprint density at radius 2 is 2.15 bits per heavy atom. The van der Waals surface area contributed by atoms with Crippen molar-refractivity contribution >= 4 is 11.6 Å².